The fraction of sp³-hybridized carbons (Fsp3) is 0.231. The Kier molecular flexibility index (Phi) is 5.60. The lowest BCUT2D eigenvalue weighted by Crippen LogP contribution is -2.37. The molecule has 2 N–H and O–H groups in total. The Bertz CT molecular complexity index is 1280. The number of rotatable bonds is 5. The molecule has 5 rings (SSSR count). The zero-order chi connectivity index (χ0) is 22.8. The van der Waals surface area contributed by atoms with E-state index in [-0.39, 0.29) is 17.6 Å². The fourth-order valence-corrected chi connectivity index (χ4v) is 4.49. The second-order valence-corrected chi connectivity index (χ2v) is 8.23. The molecule has 0 unspecified atom stereocenters. The van der Waals surface area contributed by atoms with E-state index in [2.05, 4.69) is 22.6 Å². The van der Waals surface area contributed by atoms with Crippen LogP contribution in [0.15, 0.2) is 71.5 Å². The summed E-state index contributed by atoms with van der Waals surface area (Å²) in [5, 5.41) is 3.96. The smallest absolute Gasteiger partial charge is 0.291 e. The highest BCUT2D eigenvalue weighted by atomic mass is 16.5. The number of amides is 2. The van der Waals surface area contributed by atoms with Crippen LogP contribution in [0.5, 0.6) is 5.75 Å². The van der Waals surface area contributed by atoms with Gasteiger partial charge in [0.05, 0.1) is 13.4 Å². The molecule has 0 spiro atoms. The van der Waals surface area contributed by atoms with Crippen molar-refractivity contribution in [3.63, 3.8) is 0 Å². The van der Waals surface area contributed by atoms with E-state index >= 15 is 0 Å². The number of benzene rings is 2. The Morgan fingerprint density at radius 1 is 1.09 bits per heavy atom. The Hall–Kier alpha value is -4.00. The molecule has 3 heterocycles. The number of hydrogen-bond acceptors (Lipinski definition) is 4. The number of nitrogens with zero attached hydrogens (tertiary/aromatic N) is 1. The van der Waals surface area contributed by atoms with Crippen molar-refractivity contribution < 1.29 is 18.7 Å². The highest BCUT2D eigenvalue weighted by Crippen LogP contribution is 2.35. The molecule has 0 saturated carbocycles. The molecule has 0 radical (unpaired) electrons. The summed E-state index contributed by atoms with van der Waals surface area (Å²) in [6.45, 7) is 1.37. The van der Waals surface area contributed by atoms with Gasteiger partial charge in [0, 0.05) is 41.4 Å². The lowest BCUT2D eigenvalue weighted by Gasteiger charge is -2.32. The highest BCUT2D eigenvalue weighted by Gasteiger charge is 2.26. The first kappa shape index (κ1) is 20.9. The third-order valence-electron chi connectivity index (χ3n) is 6.26. The molecule has 2 aromatic heterocycles. The van der Waals surface area contributed by atoms with E-state index in [1.807, 2.05) is 17.0 Å². The molecular weight excluding hydrogens is 418 g/mol. The number of aromatic amines is 1. The van der Waals surface area contributed by atoms with E-state index in [0.29, 0.717) is 30.3 Å². The van der Waals surface area contributed by atoms with Gasteiger partial charge in [0.1, 0.15) is 5.75 Å². The predicted octanol–water partition coefficient (Wildman–Crippen LogP) is 5.04. The molecule has 1 saturated heterocycles. The molecule has 2 amide bonds. The average molecular weight is 444 g/mol. The Labute approximate surface area is 191 Å². The van der Waals surface area contributed by atoms with Gasteiger partial charge >= 0.3 is 0 Å². The van der Waals surface area contributed by atoms with Crippen LogP contribution in [0.4, 0.5) is 5.69 Å². The van der Waals surface area contributed by atoms with Crippen molar-refractivity contribution in [2.45, 2.75) is 18.8 Å². The number of methoxy groups -OCH3 is 1. The number of carbonyl (C=O) groups excluding carboxylic acids is 2. The second-order valence-electron chi connectivity index (χ2n) is 8.23. The van der Waals surface area contributed by atoms with Crippen LogP contribution in [-0.2, 0) is 0 Å². The van der Waals surface area contributed by atoms with Gasteiger partial charge in [-0.25, -0.2) is 0 Å². The quantitative estimate of drug-likeness (QED) is 0.452. The molecule has 0 aliphatic carbocycles. The Morgan fingerprint density at radius 3 is 2.70 bits per heavy atom. The standard InChI is InChI=1S/C26H25N3O4/c1-32-20-7-8-23-21(15-20)22(16-27-23)17-9-11-29(12-10-17)26(31)18-4-2-5-19(14-18)28-25(30)24-6-3-13-33-24/h2-8,13-17,27H,9-12H2,1H3,(H,28,30). The summed E-state index contributed by atoms with van der Waals surface area (Å²) in [6.07, 6.45) is 5.32. The minimum atomic E-state index is -0.347. The molecule has 4 aromatic rings. The number of aromatic nitrogens is 1. The van der Waals surface area contributed by atoms with Gasteiger partial charge in [-0.3, -0.25) is 9.59 Å². The molecule has 1 fully saturated rings. The van der Waals surface area contributed by atoms with Gasteiger partial charge in [-0.2, -0.15) is 0 Å². The molecular formula is C26H25N3O4. The van der Waals surface area contributed by atoms with Crippen LogP contribution >= 0.6 is 0 Å². The van der Waals surface area contributed by atoms with Gasteiger partial charge in [-0.05, 0) is 72.9 Å². The summed E-state index contributed by atoms with van der Waals surface area (Å²) in [6, 6.07) is 16.3. The monoisotopic (exact) mass is 443 g/mol. The molecule has 168 valence electrons. The number of carbonyl (C=O) groups is 2. The zero-order valence-corrected chi connectivity index (χ0v) is 18.3. The minimum absolute atomic E-state index is 0.0249. The second kappa shape index (κ2) is 8.86. The minimum Gasteiger partial charge on any atom is -0.497 e. The summed E-state index contributed by atoms with van der Waals surface area (Å²) in [5.74, 6) is 1.08. The maximum absolute atomic E-state index is 13.1. The lowest BCUT2D eigenvalue weighted by molar-refractivity contribution is 0.0713. The summed E-state index contributed by atoms with van der Waals surface area (Å²) < 4.78 is 10.5. The van der Waals surface area contributed by atoms with Crippen LogP contribution < -0.4 is 10.1 Å². The van der Waals surface area contributed by atoms with Crippen molar-refractivity contribution in [2.24, 2.45) is 0 Å². The van der Waals surface area contributed by atoms with Crippen molar-refractivity contribution in [3.05, 3.63) is 83.9 Å². The third-order valence-corrected chi connectivity index (χ3v) is 6.26. The van der Waals surface area contributed by atoms with Crippen molar-refractivity contribution in [3.8, 4) is 5.75 Å². The van der Waals surface area contributed by atoms with Gasteiger partial charge < -0.3 is 24.4 Å². The van der Waals surface area contributed by atoms with E-state index < -0.39 is 0 Å². The van der Waals surface area contributed by atoms with E-state index in [9.17, 15) is 9.59 Å². The number of piperidine rings is 1. The third kappa shape index (κ3) is 4.22. The molecule has 7 heteroatoms. The Morgan fingerprint density at radius 2 is 1.94 bits per heavy atom. The van der Waals surface area contributed by atoms with Crippen molar-refractivity contribution >= 4 is 28.4 Å². The fourth-order valence-electron chi connectivity index (χ4n) is 4.49. The van der Waals surface area contributed by atoms with Gasteiger partial charge in [0.25, 0.3) is 11.8 Å². The van der Waals surface area contributed by atoms with E-state index in [1.54, 1.807) is 43.5 Å². The van der Waals surface area contributed by atoms with Crippen LogP contribution in [0.25, 0.3) is 10.9 Å². The van der Waals surface area contributed by atoms with Crippen LogP contribution in [0.2, 0.25) is 0 Å². The zero-order valence-electron chi connectivity index (χ0n) is 18.3. The summed E-state index contributed by atoms with van der Waals surface area (Å²) in [5.41, 5.74) is 3.49. The maximum Gasteiger partial charge on any atom is 0.291 e. The first-order valence-electron chi connectivity index (χ1n) is 11.0. The van der Waals surface area contributed by atoms with Gasteiger partial charge in [-0.15, -0.1) is 0 Å². The van der Waals surface area contributed by atoms with E-state index in [1.165, 1.54) is 17.2 Å². The average Bonchev–Trinajstić information content (AvgIpc) is 3.54. The first-order chi connectivity index (χ1) is 16.1. The number of furan rings is 1. The van der Waals surface area contributed by atoms with Crippen LogP contribution in [0, 0.1) is 0 Å². The number of ether oxygens (including phenoxy) is 1. The highest BCUT2D eigenvalue weighted by molar-refractivity contribution is 6.03. The maximum atomic E-state index is 13.1. The van der Waals surface area contributed by atoms with Gasteiger partial charge in [-0.1, -0.05) is 6.07 Å². The summed E-state index contributed by atoms with van der Waals surface area (Å²) in [4.78, 5) is 30.6. The summed E-state index contributed by atoms with van der Waals surface area (Å²) >= 11 is 0. The van der Waals surface area contributed by atoms with Crippen molar-refractivity contribution in [2.75, 3.05) is 25.5 Å². The normalized spacial score (nSPS) is 14.4. The van der Waals surface area contributed by atoms with Crippen molar-refractivity contribution in [1.29, 1.82) is 0 Å². The van der Waals surface area contributed by atoms with E-state index in [4.69, 9.17) is 9.15 Å². The molecule has 2 aromatic carbocycles. The number of anilines is 1. The van der Waals surface area contributed by atoms with Gasteiger partial charge in [0.15, 0.2) is 5.76 Å². The number of H-pyrrole nitrogens is 1. The molecule has 33 heavy (non-hydrogen) atoms. The number of fused-ring (bicyclic) bond motifs is 1. The first-order valence-corrected chi connectivity index (χ1v) is 11.0. The number of likely N-dealkylation sites (tertiary alicyclic amines) is 1. The topological polar surface area (TPSA) is 87.6 Å². The molecule has 1 aliphatic rings. The van der Waals surface area contributed by atoms with Crippen LogP contribution in [0.3, 0.4) is 0 Å². The molecule has 7 nitrogen and oxygen atoms in total. The van der Waals surface area contributed by atoms with E-state index in [0.717, 1.165) is 24.1 Å². The predicted molar refractivity (Wildman–Crippen MR) is 126 cm³/mol. The molecule has 1 aliphatic heterocycles. The Balaban J connectivity index is 1.25. The molecule has 0 atom stereocenters. The van der Waals surface area contributed by atoms with Crippen molar-refractivity contribution in [1.82, 2.24) is 9.88 Å². The number of hydrogen-bond donors (Lipinski definition) is 2. The number of nitrogens with one attached hydrogen (secondary N) is 2. The SMILES string of the molecule is COc1ccc2[nH]cc(C3CCN(C(=O)c4cccc(NC(=O)c5ccco5)c4)CC3)c2c1. The van der Waals surface area contributed by atoms with Gasteiger partial charge in [0.2, 0.25) is 0 Å². The lowest BCUT2D eigenvalue weighted by atomic mass is 9.89. The van der Waals surface area contributed by atoms with Crippen LogP contribution in [-0.4, -0.2) is 41.9 Å². The summed E-state index contributed by atoms with van der Waals surface area (Å²) in [7, 11) is 1.68. The van der Waals surface area contributed by atoms with Crippen LogP contribution in [0.1, 0.15) is 45.2 Å². The largest absolute Gasteiger partial charge is 0.497 e. The molecule has 0 bridgehead atoms.